The Balaban J connectivity index is 3.44. The maximum atomic E-state index is 13.5. The van der Waals surface area contributed by atoms with Crippen molar-refractivity contribution in [2.75, 3.05) is 13.2 Å². The van der Waals surface area contributed by atoms with Gasteiger partial charge in [0.25, 0.3) is 0 Å². The van der Waals surface area contributed by atoms with Crippen LogP contribution in [-0.4, -0.2) is 25.0 Å². The average Bonchev–Trinajstić information content (AvgIpc) is 2.66. The summed E-state index contributed by atoms with van der Waals surface area (Å²) in [5.74, 6) is -0.547. The fraction of sp³-hybridized carbons (Fsp3) is 0.333. The van der Waals surface area contributed by atoms with E-state index in [9.17, 15) is 9.18 Å². The summed E-state index contributed by atoms with van der Waals surface area (Å²) in [6, 6.07) is 3.11. The van der Waals surface area contributed by atoms with E-state index in [1.165, 1.54) is 30.0 Å². The third-order valence-corrected chi connectivity index (χ3v) is 4.75. The van der Waals surface area contributed by atoms with Crippen molar-refractivity contribution in [2.45, 2.75) is 33.2 Å². The van der Waals surface area contributed by atoms with Crippen LogP contribution in [0.5, 0.6) is 0 Å². The number of allylic oxidation sites excluding steroid dienone is 1. The summed E-state index contributed by atoms with van der Waals surface area (Å²) < 4.78 is 18.6. The first-order valence-corrected chi connectivity index (χ1v) is 10.2. The zero-order valence-electron chi connectivity index (χ0n) is 16.4. The molecule has 0 aliphatic rings. The van der Waals surface area contributed by atoms with Crippen LogP contribution in [0, 0.1) is 5.82 Å². The number of thioether (sulfide) groups is 1. The number of hydrogen-bond acceptors (Lipinski definition) is 4. The second-order valence-electron chi connectivity index (χ2n) is 5.73. The van der Waals surface area contributed by atoms with Crippen LogP contribution in [0.4, 0.5) is 4.39 Å². The summed E-state index contributed by atoms with van der Waals surface area (Å²) in [6.45, 7) is 14.4. The molecule has 1 atom stereocenters. The van der Waals surface area contributed by atoms with Crippen LogP contribution in [0.3, 0.4) is 0 Å². The molecule has 1 aromatic rings. The molecule has 0 spiro atoms. The maximum Gasteiger partial charge on any atom is 0.335 e. The van der Waals surface area contributed by atoms with Crippen molar-refractivity contribution in [1.82, 2.24) is 5.32 Å². The van der Waals surface area contributed by atoms with E-state index in [4.69, 9.17) is 16.3 Å². The molecule has 7 heteroatoms. The van der Waals surface area contributed by atoms with Crippen LogP contribution >= 0.6 is 23.4 Å². The highest BCUT2D eigenvalue weighted by Gasteiger charge is 2.25. The van der Waals surface area contributed by atoms with Gasteiger partial charge in [-0.25, -0.2) is 9.18 Å². The third kappa shape index (κ3) is 7.17. The van der Waals surface area contributed by atoms with E-state index in [0.29, 0.717) is 22.8 Å². The number of carbonyl (C=O) groups is 1. The van der Waals surface area contributed by atoms with Crippen molar-refractivity contribution in [3.05, 3.63) is 69.7 Å². The van der Waals surface area contributed by atoms with Gasteiger partial charge in [-0.2, -0.15) is 0 Å². The maximum absolute atomic E-state index is 13.5. The Hall–Kier alpha value is -2.05. The summed E-state index contributed by atoms with van der Waals surface area (Å²) in [6.07, 6.45) is 2.76. The number of rotatable bonds is 10. The minimum Gasteiger partial charge on any atom is -0.463 e. The summed E-state index contributed by atoms with van der Waals surface area (Å²) >= 11 is 7.64. The molecular weight excluding hydrogens is 399 g/mol. The molecule has 1 rings (SSSR count). The topological polar surface area (TPSA) is 50.7 Å². The molecule has 1 aromatic carbocycles. The Morgan fingerprint density at radius 2 is 2.14 bits per heavy atom. The highest BCUT2D eigenvalue weighted by atomic mass is 35.5. The minimum atomic E-state index is -0.838. The summed E-state index contributed by atoms with van der Waals surface area (Å²) in [4.78, 5) is 17.7. The van der Waals surface area contributed by atoms with Gasteiger partial charge in [0.15, 0.2) is 0 Å². The number of nitrogens with zero attached hydrogens (tertiary/aromatic N) is 1. The van der Waals surface area contributed by atoms with Gasteiger partial charge < -0.3 is 10.1 Å². The minimum absolute atomic E-state index is 0.106. The molecule has 0 aliphatic carbocycles. The first-order chi connectivity index (χ1) is 13.3. The molecule has 0 aromatic heterocycles. The van der Waals surface area contributed by atoms with E-state index < -0.39 is 17.8 Å². The molecule has 0 fully saturated rings. The fourth-order valence-corrected chi connectivity index (χ4v) is 3.00. The average molecular weight is 425 g/mol. The Morgan fingerprint density at radius 1 is 1.43 bits per heavy atom. The molecular formula is C21H26ClFN2O2S. The smallest absolute Gasteiger partial charge is 0.335 e. The van der Waals surface area contributed by atoms with Gasteiger partial charge in [0.2, 0.25) is 0 Å². The van der Waals surface area contributed by atoms with E-state index in [0.717, 1.165) is 6.42 Å². The molecule has 0 saturated heterocycles. The van der Waals surface area contributed by atoms with Crippen molar-refractivity contribution in [2.24, 2.45) is 4.99 Å². The molecule has 0 aliphatic heterocycles. The van der Waals surface area contributed by atoms with Gasteiger partial charge in [0.1, 0.15) is 17.7 Å². The Labute approximate surface area is 175 Å². The number of amidine groups is 1. The van der Waals surface area contributed by atoms with Crippen LogP contribution in [0.1, 0.15) is 38.8 Å². The number of aliphatic imine (C=N–C) groups is 1. The first kappa shape index (κ1) is 24.0. The molecule has 0 saturated carbocycles. The van der Waals surface area contributed by atoms with Crippen LogP contribution < -0.4 is 5.32 Å². The molecule has 0 unspecified atom stereocenters. The van der Waals surface area contributed by atoms with Crippen molar-refractivity contribution < 1.29 is 13.9 Å². The predicted molar refractivity (Wildman–Crippen MR) is 117 cm³/mol. The zero-order valence-corrected chi connectivity index (χ0v) is 18.0. The molecule has 0 heterocycles. The van der Waals surface area contributed by atoms with Gasteiger partial charge in [-0.1, -0.05) is 55.6 Å². The third-order valence-electron chi connectivity index (χ3n) is 3.54. The number of carbonyl (C=O) groups excluding carboxylic acids is 1. The van der Waals surface area contributed by atoms with Gasteiger partial charge in [-0.05, 0) is 37.8 Å². The quantitative estimate of drug-likeness (QED) is 0.222. The van der Waals surface area contributed by atoms with Gasteiger partial charge in [-0.15, -0.1) is 0 Å². The lowest BCUT2D eigenvalue weighted by Crippen LogP contribution is -2.26. The highest BCUT2D eigenvalue weighted by molar-refractivity contribution is 8.06. The SMILES string of the molecule is C=C(S/C=C\C)/C(=N/[C@H](C(=C)C(=O)OCC)c1ccc(F)cc1Cl)NCCC. The molecule has 4 nitrogen and oxygen atoms in total. The second-order valence-corrected chi connectivity index (χ2v) is 7.14. The Morgan fingerprint density at radius 3 is 2.71 bits per heavy atom. The van der Waals surface area contributed by atoms with Crippen LogP contribution in [0.25, 0.3) is 0 Å². The molecule has 0 bridgehead atoms. The van der Waals surface area contributed by atoms with E-state index in [1.54, 1.807) is 6.92 Å². The Kier molecular flexibility index (Phi) is 10.6. The van der Waals surface area contributed by atoms with Crippen molar-refractivity contribution in [1.29, 1.82) is 0 Å². The van der Waals surface area contributed by atoms with Crippen LogP contribution in [-0.2, 0) is 9.53 Å². The lowest BCUT2D eigenvalue weighted by atomic mass is 10.00. The standard InChI is InChI=1S/C21H26ClFN2O2S/c1-6-11-24-20(15(5)28-12-7-2)25-19(14(4)21(26)27-8-3)17-10-9-16(23)13-18(17)22/h7,9-10,12-13,19H,4-6,8,11H2,1-3H3,(H,24,25)/b12-7-/t19-/m1/s1. The summed E-state index contributed by atoms with van der Waals surface area (Å²) in [5, 5.41) is 5.25. The number of benzene rings is 1. The number of ether oxygens (including phenoxy) is 1. The predicted octanol–water partition coefficient (Wildman–Crippen LogP) is 5.82. The number of hydrogen-bond donors (Lipinski definition) is 1. The zero-order chi connectivity index (χ0) is 21.1. The highest BCUT2D eigenvalue weighted by Crippen LogP contribution is 2.33. The van der Waals surface area contributed by atoms with E-state index in [2.05, 4.69) is 23.5 Å². The van der Waals surface area contributed by atoms with Crippen molar-refractivity contribution >= 4 is 35.2 Å². The largest absolute Gasteiger partial charge is 0.463 e. The second kappa shape index (κ2) is 12.4. The molecule has 0 radical (unpaired) electrons. The van der Waals surface area contributed by atoms with E-state index in [1.807, 2.05) is 25.3 Å². The van der Waals surface area contributed by atoms with Crippen LogP contribution in [0.15, 0.2) is 58.3 Å². The van der Waals surface area contributed by atoms with Gasteiger partial charge in [0, 0.05) is 22.0 Å². The molecule has 0 amide bonds. The van der Waals surface area contributed by atoms with Crippen molar-refractivity contribution in [3.8, 4) is 0 Å². The van der Waals surface area contributed by atoms with Gasteiger partial charge >= 0.3 is 5.97 Å². The fourth-order valence-electron chi connectivity index (χ4n) is 2.19. The monoisotopic (exact) mass is 424 g/mol. The van der Waals surface area contributed by atoms with Gasteiger partial charge in [-0.3, -0.25) is 4.99 Å². The lowest BCUT2D eigenvalue weighted by molar-refractivity contribution is -0.138. The molecule has 1 N–H and O–H groups in total. The molecule has 152 valence electrons. The normalized spacial score (nSPS) is 12.7. The van der Waals surface area contributed by atoms with Crippen LogP contribution in [0.2, 0.25) is 5.02 Å². The van der Waals surface area contributed by atoms with E-state index >= 15 is 0 Å². The molecule has 28 heavy (non-hydrogen) atoms. The Bertz CT molecular complexity index is 778. The van der Waals surface area contributed by atoms with Gasteiger partial charge in [0.05, 0.1) is 12.2 Å². The summed E-state index contributed by atoms with van der Waals surface area (Å²) in [7, 11) is 0. The number of esters is 1. The first-order valence-electron chi connectivity index (χ1n) is 8.95. The lowest BCUT2D eigenvalue weighted by Gasteiger charge is -2.19. The van der Waals surface area contributed by atoms with E-state index in [-0.39, 0.29) is 17.2 Å². The summed E-state index contributed by atoms with van der Waals surface area (Å²) in [5.41, 5.74) is 0.566. The number of nitrogens with one attached hydrogen (secondary N) is 1. The van der Waals surface area contributed by atoms with Crippen molar-refractivity contribution in [3.63, 3.8) is 0 Å². The number of halogens is 2.